The van der Waals surface area contributed by atoms with Crippen molar-refractivity contribution in [3.63, 3.8) is 0 Å². The van der Waals surface area contributed by atoms with E-state index in [1.807, 2.05) is 0 Å². The van der Waals surface area contributed by atoms with Gasteiger partial charge in [0.2, 0.25) is 0 Å². The van der Waals surface area contributed by atoms with Crippen LogP contribution < -0.4 is 4.74 Å². The van der Waals surface area contributed by atoms with Gasteiger partial charge >= 0.3 is 6.36 Å². The summed E-state index contributed by atoms with van der Waals surface area (Å²) in [6, 6.07) is 5.53. The van der Waals surface area contributed by atoms with Crippen LogP contribution in [0.15, 0.2) is 24.3 Å². The third-order valence-corrected chi connectivity index (χ3v) is 2.93. The quantitative estimate of drug-likeness (QED) is 0.843. The van der Waals surface area contributed by atoms with Crippen LogP contribution in [0.1, 0.15) is 25.2 Å². The van der Waals surface area contributed by atoms with Crippen molar-refractivity contribution >= 4 is 0 Å². The molecule has 106 valence electrons. The van der Waals surface area contributed by atoms with Gasteiger partial charge in [-0.15, -0.1) is 13.2 Å². The molecule has 2 rings (SSSR count). The second kappa shape index (κ2) is 5.79. The number of ether oxygens (including phenoxy) is 3. The fourth-order valence-corrected chi connectivity index (χ4v) is 1.80. The topological polar surface area (TPSA) is 27.7 Å². The Morgan fingerprint density at radius 2 is 1.74 bits per heavy atom. The number of hydrogen-bond donors (Lipinski definition) is 0. The van der Waals surface area contributed by atoms with Gasteiger partial charge in [-0.25, -0.2) is 0 Å². The lowest BCUT2D eigenvalue weighted by Gasteiger charge is -2.29. The Bertz CT molecular complexity index is 395. The molecule has 0 bridgehead atoms. The highest BCUT2D eigenvalue weighted by Gasteiger charge is 2.31. The minimum absolute atomic E-state index is 0.251. The van der Waals surface area contributed by atoms with Gasteiger partial charge in [-0.2, -0.15) is 0 Å². The summed E-state index contributed by atoms with van der Waals surface area (Å²) < 4.78 is 50.9. The highest BCUT2D eigenvalue weighted by atomic mass is 19.4. The molecule has 0 aromatic heterocycles. The van der Waals surface area contributed by atoms with E-state index in [2.05, 4.69) is 11.7 Å². The molecule has 0 spiro atoms. The van der Waals surface area contributed by atoms with Crippen molar-refractivity contribution in [3.8, 4) is 5.75 Å². The predicted octanol–water partition coefficient (Wildman–Crippen LogP) is 3.66. The highest BCUT2D eigenvalue weighted by Crippen LogP contribution is 2.29. The normalized spacial score (nSPS) is 24.2. The van der Waals surface area contributed by atoms with Gasteiger partial charge in [-0.1, -0.05) is 19.1 Å². The van der Waals surface area contributed by atoms with Crippen LogP contribution in [0.3, 0.4) is 0 Å². The van der Waals surface area contributed by atoms with E-state index in [4.69, 9.17) is 9.47 Å². The molecule has 0 radical (unpaired) electrons. The molecule has 0 aliphatic carbocycles. The molecule has 0 atom stereocenters. The van der Waals surface area contributed by atoms with Gasteiger partial charge in [0, 0.05) is 11.5 Å². The first kappa shape index (κ1) is 14.1. The van der Waals surface area contributed by atoms with E-state index in [0.717, 1.165) is 6.42 Å². The zero-order valence-electron chi connectivity index (χ0n) is 10.4. The third-order valence-electron chi connectivity index (χ3n) is 2.93. The van der Waals surface area contributed by atoms with Gasteiger partial charge in [-0.05, 0) is 18.6 Å². The lowest BCUT2D eigenvalue weighted by Crippen LogP contribution is -2.26. The summed E-state index contributed by atoms with van der Waals surface area (Å²) >= 11 is 0. The minimum Gasteiger partial charge on any atom is -0.406 e. The molecule has 0 amide bonds. The van der Waals surface area contributed by atoms with Crippen LogP contribution in [0.4, 0.5) is 13.2 Å². The Morgan fingerprint density at radius 3 is 2.21 bits per heavy atom. The SMILES string of the molecule is CCC1COC(c2ccc(OC(F)(F)F)cc2)OC1. The van der Waals surface area contributed by atoms with Crippen LogP contribution in [0.5, 0.6) is 5.75 Å². The maximum atomic E-state index is 12.0. The van der Waals surface area contributed by atoms with Crippen LogP contribution in [-0.2, 0) is 9.47 Å². The zero-order valence-corrected chi connectivity index (χ0v) is 10.4. The van der Waals surface area contributed by atoms with E-state index < -0.39 is 12.7 Å². The second-order valence-electron chi connectivity index (χ2n) is 4.39. The third kappa shape index (κ3) is 4.11. The van der Waals surface area contributed by atoms with E-state index >= 15 is 0 Å². The van der Waals surface area contributed by atoms with Gasteiger partial charge in [0.25, 0.3) is 0 Å². The van der Waals surface area contributed by atoms with Crippen molar-refractivity contribution in [2.45, 2.75) is 26.0 Å². The smallest absolute Gasteiger partial charge is 0.406 e. The maximum absolute atomic E-state index is 12.0. The Hall–Kier alpha value is -1.27. The molecule has 1 aromatic rings. The first-order valence-electron chi connectivity index (χ1n) is 6.07. The molecule has 0 unspecified atom stereocenters. The molecule has 1 fully saturated rings. The molecule has 0 N–H and O–H groups in total. The Balaban J connectivity index is 1.95. The van der Waals surface area contributed by atoms with Gasteiger partial charge in [0.1, 0.15) is 5.75 Å². The summed E-state index contributed by atoms with van der Waals surface area (Å²) in [5, 5.41) is 0. The summed E-state index contributed by atoms with van der Waals surface area (Å²) in [5.74, 6) is 0.127. The molecular weight excluding hydrogens is 261 g/mol. The average Bonchev–Trinajstić information content (AvgIpc) is 2.38. The number of rotatable bonds is 3. The largest absolute Gasteiger partial charge is 0.573 e. The van der Waals surface area contributed by atoms with Gasteiger partial charge < -0.3 is 14.2 Å². The standard InChI is InChI=1S/C13H15F3O3/c1-2-9-7-17-12(18-8-9)10-3-5-11(6-4-10)19-13(14,15)16/h3-6,9,12H,2,7-8H2,1H3. The van der Waals surface area contributed by atoms with Crippen LogP contribution >= 0.6 is 0 Å². The average molecular weight is 276 g/mol. The van der Waals surface area contributed by atoms with Gasteiger partial charge in [-0.3, -0.25) is 0 Å². The summed E-state index contributed by atoms with van der Waals surface area (Å²) in [5.41, 5.74) is 0.684. The first-order chi connectivity index (χ1) is 8.98. The first-order valence-corrected chi connectivity index (χ1v) is 6.07. The molecule has 1 aliphatic heterocycles. The van der Waals surface area contributed by atoms with Crippen LogP contribution in [0.2, 0.25) is 0 Å². The Labute approximate surface area is 109 Å². The number of benzene rings is 1. The molecule has 1 heterocycles. The molecule has 1 aromatic carbocycles. The van der Waals surface area contributed by atoms with Gasteiger partial charge in [0.15, 0.2) is 6.29 Å². The highest BCUT2D eigenvalue weighted by molar-refractivity contribution is 5.28. The molecule has 1 aliphatic rings. The van der Waals surface area contributed by atoms with Crippen molar-refractivity contribution < 1.29 is 27.4 Å². The van der Waals surface area contributed by atoms with E-state index in [-0.39, 0.29) is 5.75 Å². The number of hydrogen-bond acceptors (Lipinski definition) is 3. The lowest BCUT2D eigenvalue weighted by molar-refractivity contribution is -0.274. The van der Waals surface area contributed by atoms with Crippen LogP contribution in [0.25, 0.3) is 0 Å². The molecule has 1 saturated heterocycles. The summed E-state index contributed by atoms with van der Waals surface area (Å²) in [6.07, 6.45) is -4.21. The fraction of sp³-hybridized carbons (Fsp3) is 0.538. The van der Waals surface area contributed by atoms with E-state index in [1.54, 1.807) is 0 Å². The Morgan fingerprint density at radius 1 is 1.16 bits per heavy atom. The molecule has 3 nitrogen and oxygen atoms in total. The Kier molecular flexibility index (Phi) is 4.31. The van der Waals surface area contributed by atoms with E-state index in [0.29, 0.717) is 24.7 Å². The number of halogens is 3. The summed E-state index contributed by atoms with van der Waals surface area (Å²) in [6.45, 7) is 3.25. The predicted molar refractivity (Wildman–Crippen MR) is 61.6 cm³/mol. The van der Waals surface area contributed by atoms with Crippen molar-refractivity contribution in [1.29, 1.82) is 0 Å². The van der Waals surface area contributed by atoms with Crippen molar-refractivity contribution in [2.75, 3.05) is 13.2 Å². The second-order valence-corrected chi connectivity index (χ2v) is 4.39. The monoisotopic (exact) mass is 276 g/mol. The molecule has 6 heteroatoms. The molecular formula is C13H15F3O3. The van der Waals surface area contributed by atoms with E-state index in [9.17, 15) is 13.2 Å². The summed E-state index contributed by atoms with van der Waals surface area (Å²) in [7, 11) is 0. The van der Waals surface area contributed by atoms with Gasteiger partial charge in [0.05, 0.1) is 13.2 Å². The van der Waals surface area contributed by atoms with Crippen molar-refractivity contribution in [1.82, 2.24) is 0 Å². The molecule has 0 saturated carbocycles. The van der Waals surface area contributed by atoms with Crippen LogP contribution in [-0.4, -0.2) is 19.6 Å². The fourth-order valence-electron chi connectivity index (χ4n) is 1.80. The lowest BCUT2D eigenvalue weighted by atomic mass is 10.1. The maximum Gasteiger partial charge on any atom is 0.573 e. The minimum atomic E-state index is -4.67. The summed E-state index contributed by atoms with van der Waals surface area (Å²) in [4.78, 5) is 0. The van der Waals surface area contributed by atoms with E-state index in [1.165, 1.54) is 24.3 Å². The number of alkyl halides is 3. The zero-order chi connectivity index (χ0) is 13.9. The van der Waals surface area contributed by atoms with Crippen molar-refractivity contribution in [2.24, 2.45) is 5.92 Å². The van der Waals surface area contributed by atoms with Crippen molar-refractivity contribution in [3.05, 3.63) is 29.8 Å². The molecule has 19 heavy (non-hydrogen) atoms. The van der Waals surface area contributed by atoms with Crippen LogP contribution in [0, 0.1) is 5.92 Å².